The molecule has 7 fully saturated rings. The van der Waals surface area contributed by atoms with Crippen LogP contribution in [-0.4, -0.2) is 150 Å². The lowest BCUT2D eigenvalue weighted by Crippen LogP contribution is -2.53. The highest BCUT2D eigenvalue weighted by Gasteiger charge is 2.48. The van der Waals surface area contributed by atoms with Crippen molar-refractivity contribution in [3.8, 4) is 22.9 Å². The van der Waals surface area contributed by atoms with E-state index in [0.717, 1.165) is 84.4 Å². The Hall–Kier alpha value is -7.95. The van der Waals surface area contributed by atoms with E-state index in [2.05, 4.69) is 28.1 Å². The lowest BCUT2D eigenvalue weighted by Gasteiger charge is -2.40. The van der Waals surface area contributed by atoms with Crippen LogP contribution in [-0.2, 0) is 44.0 Å². The smallest absolute Gasteiger partial charge is 0.410 e. The molecule has 88 heavy (non-hydrogen) atoms. The Morgan fingerprint density at radius 2 is 1.61 bits per heavy atom. The zero-order chi connectivity index (χ0) is 60.9. The molecule has 22 heteroatoms. The molecule has 462 valence electrons. The van der Waals surface area contributed by atoms with Gasteiger partial charge in [0, 0.05) is 106 Å². The van der Waals surface area contributed by atoms with E-state index in [-0.39, 0.29) is 97.9 Å². The predicted molar refractivity (Wildman–Crippen MR) is 326 cm³/mol. The Balaban J connectivity index is 0.773. The van der Waals surface area contributed by atoms with Crippen molar-refractivity contribution in [2.45, 2.75) is 160 Å². The number of benzene rings is 4. The Kier molecular flexibility index (Phi) is 15.0. The van der Waals surface area contributed by atoms with Crippen LogP contribution in [0.5, 0.6) is 11.8 Å². The summed E-state index contributed by atoms with van der Waals surface area (Å²) in [6.45, 7) is 14.5. The fraction of sp³-hybridized carbons (Fsp3) is 0.515. The first kappa shape index (κ1) is 57.8. The second-order valence-corrected chi connectivity index (χ2v) is 26.2. The number of nitrogens with one attached hydrogen (secondary N) is 1. The minimum Gasteiger partial charge on any atom is -0.486 e. The molecule has 3 aromatic heterocycles. The van der Waals surface area contributed by atoms with Crippen molar-refractivity contribution >= 4 is 62.5 Å². The number of piperidine rings is 1. The summed E-state index contributed by atoms with van der Waals surface area (Å²) in [5.74, 6) is 0.0222. The molecule has 0 radical (unpaired) electrons. The van der Waals surface area contributed by atoms with Gasteiger partial charge in [0.1, 0.15) is 42.0 Å². The standard InChI is InChI=1S/C66H76FN11O10/c1-37-31-73(32-40-14-19-50-53(26-40)72(6)64(82)77(50)51-20-21-54(79)69-61(51)80)22-23-74(37)62(81)42-15-12-39(13-16-42)35-86-59-57(56-38(2)49(67)29-52-48(56)30-68-78(52)55-11-7-8-24-85-55)46(41-17-18-41)28-47-58(59)70-63(87-36-45-10-9-25-84-45)71-60(47)75-33-44-27-43(75)34-76(44)65(83)88-66(3,4)5/h12-16,19,26,28-30,37,41,43-45,51,55H,7-11,17-18,20-25,27,31-36H2,1-6H3,(H,69,79,80)/t37-,43-,44-,45-,51?,55?/m0/s1. The van der Waals surface area contributed by atoms with Crippen molar-refractivity contribution in [1.82, 2.24) is 48.9 Å². The number of aromatic nitrogens is 6. The number of carbonyl (C=O) groups is 4. The highest BCUT2D eigenvalue weighted by Crippen LogP contribution is 2.54. The van der Waals surface area contributed by atoms with Crippen molar-refractivity contribution in [1.29, 1.82) is 0 Å². The summed E-state index contributed by atoms with van der Waals surface area (Å²) < 4.78 is 53.7. The van der Waals surface area contributed by atoms with Gasteiger partial charge in [-0.05, 0) is 151 Å². The van der Waals surface area contributed by atoms with E-state index in [0.29, 0.717) is 103 Å². The van der Waals surface area contributed by atoms with Crippen LogP contribution in [0.2, 0.25) is 0 Å². The van der Waals surface area contributed by atoms with Gasteiger partial charge in [0.15, 0.2) is 12.0 Å². The Labute approximate surface area is 509 Å². The average molecular weight is 1200 g/mol. The molecule has 7 aliphatic rings. The van der Waals surface area contributed by atoms with Gasteiger partial charge < -0.3 is 38.4 Å². The molecular weight excluding hydrogens is 1130 g/mol. The zero-order valence-corrected chi connectivity index (χ0v) is 50.9. The van der Waals surface area contributed by atoms with Gasteiger partial charge in [0.05, 0.1) is 40.9 Å². The minimum absolute atomic E-state index is 0.0592. The Morgan fingerprint density at radius 1 is 0.807 bits per heavy atom. The maximum atomic E-state index is 16.9. The van der Waals surface area contributed by atoms with E-state index < -0.39 is 17.6 Å². The molecule has 0 spiro atoms. The summed E-state index contributed by atoms with van der Waals surface area (Å²) in [5.41, 5.74) is 6.75. The van der Waals surface area contributed by atoms with Gasteiger partial charge in [0.25, 0.3) is 5.91 Å². The van der Waals surface area contributed by atoms with Crippen LogP contribution in [0, 0.1) is 12.7 Å². The number of piperazine rings is 2. The van der Waals surface area contributed by atoms with Gasteiger partial charge >= 0.3 is 17.8 Å². The van der Waals surface area contributed by atoms with Gasteiger partial charge in [-0.3, -0.25) is 33.7 Å². The third kappa shape index (κ3) is 10.8. The third-order valence-electron chi connectivity index (χ3n) is 18.9. The number of anilines is 1. The topological polar surface area (TPSA) is 210 Å². The van der Waals surface area contributed by atoms with E-state index >= 15 is 4.39 Å². The molecule has 2 bridgehead atoms. The van der Waals surface area contributed by atoms with Gasteiger partial charge in [-0.2, -0.15) is 15.1 Å². The molecule has 4 amide bonds. The SMILES string of the molecule is Cc1c(F)cc2c(cnn2C2CCCCO2)c1-c1c(C2CC2)cc2c(N3C[C@@H]4C[C@H]3CN4C(=O)OC(C)(C)C)nc(OC[C@@H]3CCCO3)nc2c1OCc1ccc(C(=O)N2CCN(Cc3ccc4c(c3)n(C)c(=O)n4C3CCC(=O)NC3=O)C[C@@H]2C)cc1. The first-order valence-electron chi connectivity index (χ1n) is 31.4. The summed E-state index contributed by atoms with van der Waals surface area (Å²) in [4.78, 5) is 85.0. The van der Waals surface area contributed by atoms with E-state index in [9.17, 15) is 24.0 Å². The monoisotopic (exact) mass is 1200 g/mol. The van der Waals surface area contributed by atoms with Crippen LogP contribution >= 0.6 is 0 Å². The summed E-state index contributed by atoms with van der Waals surface area (Å²) in [7, 11) is 1.69. The summed E-state index contributed by atoms with van der Waals surface area (Å²) >= 11 is 0. The number of imidazole rings is 1. The maximum absolute atomic E-state index is 16.9. The molecule has 1 saturated carbocycles. The van der Waals surface area contributed by atoms with E-state index in [1.807, 2.05) is 90.8 Å². The number of imide groups is 1. The summed E-state index contributed by atoms with van der Waals surface area (Å²) in [5, 5.41) is 8.81. The Morgan fingerprint density at radius 3 is 2.33 bits per heavy atom. The van der Waals surface area contributed by atoms with E-state index in [1.165, 1.54) is 4.57 Å². The number of amides is 4. The molecule has 4 aromatic carbocycles. The number of likely N-dealkylation sites (tertiary alicyclic amines) is 1. The molecule has 2 unspecified atom stereocenters. The number of fused-ring (bicyclic) bond motifs is 5. The van der Waals surface area contributed by atoms with E-state index in [1.54, 1.807) is 17.7 Å². The summed E-state index contributed by atoms with van der Waals surface area (Å²) in [6.07, 6.45) is 8.57. The van der Waals surface area contributed by atoms with Crippen molar-refractivity contribution in [3.63, 3.8) is 0 Å². The average Bonchev–Trinajstić information content (AvgIpc) is 1.35. The zero-order valence-electron chi connectivity index (χ0n) is 50.9. The molecule has 6 saturated heterocycles. The molecule has 9 heterocycles. The van der Waals surface area contributed by atoms with Gasteiger partial charge in [-0.15, -0.1) is 0 Å². The quantitative estimate of drug-likeness (QED) is 0.101. The first-order chi connectivity index (χ1) is 42.4. The lowest BCUT2D eigenvalue weighted by atomic mass is 9.88. The Bertz CT molecular complexity index is 3990. The first-order valence-corrected chi connectivity index (χ1v) is 31.4. The van der Waals surface area contributed by atoms with Crippen molar-refractivity contribution in [2.24, 2.45) is 7.05 Å². The lowest BCUT2D eigenvalue weighted by molar-refractivity contribution is -0.135. The van der Waals surface area contributed by atoms with Gasteiger partial charge in [-0.1, -0.05) is 18.2 Å². The molecule has 6 aliphatic heterocycles. The molecule has 7 aromatic rings. The van der Waals surface area contributed by atoms with Crippen molar-refractivity contribution in [3.05, 3.63) is 105 Å². The van der Waals surface area contributed by atoms with Crippen LogP contribution in [0.4, 0.5) is 15.0 Å². The number of rotatable bonds is 14. The number of nitrogens with zero attached hydrogens (tertiary/aromatic N) is 10. The highest BCUT2D eigenvalue weighted by atomic mass is 19.1. The fourth-order valence-corrected chi connectivity index (χ4v) is 14.3. The van der Waals surface area contributed by atoms with Crippen LogP contribution in [0.25, 0.3) is 44.0 Å². The van der Waals surface area contributed by atoms with Crippen LogP contribution in [0.15, 0.2) is 65.6 Å². The maximum Gasteiger partial charge on any atom is 0.410 e. The molecular formula is C66H76FN11O10. The van der Waals surface area contributed by atoms with Gasteiger partial charge in [-0.25, -0.2) is 18.7 Å². The van der Waals surface area contributed by atoms with Crippen molar-refractivity contribution in [2.75, 3.05) is 57.4 Å². The number of ether oxygens (including phenoxy) is 5. The number of hydrogen-bond acceptors (Lipinski definition) is 15. The van der Waals surface area contributed by atoms with Crippen molar-refractivity contribution < 1.29 is 47.3 Å². The fourth-order valence-electron chi connectivity index (χ4n) is 14.3. The number of carbonyl (C=O) groups excluding carboxylic acids is 4. The number of hydrogen-bond donors (Lipinski definition) is 1. The second-order valence-electron chi connectivity index (χ2n) is 26.2. The van der Waals surface area contributed by atoms with Gasteiger partial charge in [0.2, 0.25) is 11.8 Å². The highest BCUT2D eigenvalue weighted by molar-refractivity contribution is 6.06. The molecule has 1 N–H and O–H groups in total. The largest absolute Gasteiger partial charge is 0.486 e. The molecule has 1 aliphatic carbocycles. The number of aryl methyl sites for hydroxylation is 1. The van der Waals surface area contributed by atoms with Crippen LogP contribution < -0.4 is 25.4 Å². The minimum atomic E-state index is -0.760. The van der Waals surface area contributed by atoms with E-state index in [4.69, 9.17) is 38.8 Å². The number of halogens is 1. The van der Waals surface area contributed by atoms with Crippen LogP contribution in [0.1, 0.15) is 143 Å². The summed E-state index contributed by atoms with van der Waals surface area (Å²) in [6, 6.07) is 16.3. The normalized spacial score (nSPS) is 23.5. The third-order valence-corrected chi connectivity index (χ3v) is 18.9. The predicted octanol–water partition coefficient (Wildman–Crippen LogP) is 8.98. The molecule has 14 rings (SSSR count). The second kappa shape index (κ2) is 22.9. The molecule has 21 nitrogen and oxygen atoms in total. The molecule has 6 atom stereocenters. The van der Waals surface area contributed by atoms with Crippen LogP contribution in [0.3, 0.4) is 0 Å².